The molecule has 0 saturated carbocycles. The third kappa shape index (κ3) is 5.46. The standard InChI is InChI=1S/C41H35I/c1-26-6-16-31(17-7-26)36-37(32-18-8-27(2)9-19-32)39(34-22-12-29(4)13-23-34)41(42)40(35-24-14-30(5)15-25-35)38(36)33-20-10-28(3)11-21-33/h6-25H,1-5H3. The summed E-state index contributed by atoms with van der Waals surface area (Å²) < 4.78 is 1.27. The van der Waals surface area contributed by atoms with Crippen molar-refractivity contribution >= 4 is 22.6 Å². The molecule has 0 radical (unpaired) electrons. The van der Waals surface area contributed by atoms with Crippen LogP contribution in [0.4, 0.5) is 0 Å². The number of aryl methyl sites for hydroxylation is 5. The summed E-state index contributed by atoms with van der Waals surface area (Å²) >= 11 is 2.62. The van der Waals surface area contributed by atoms with Crippen molar-refractivity contribution < 1.29 is 0 Å². The maximum Gasteiger partial charge on any atom is 0.0300 e. The summed E-state index contributed by atoms with van der Waals surface area (Å²) in [6.07, 6.45) is 0. The first-order valence-electron chi connectivity index (χ1n) is 14.5. The van der Waals surface area contributed by atoms with Crippen LogP contribution in [-0.2, 0) is 0 Å². The van der Waals surface area contributed by atoms with Crippen LogP contribution in [0, 0.1) is 38.2 Å². The van der Waals surface area contributed by atoms with Gasteiger partial charge in [0, 0.05) is 14.7 Å². The number of rotatable bonds is 5. The zero-order valence-corrected chi connectivity index (χ0v) is 27.1. The van der Waals surface area contributed by atoms with Crippen molar-refractivity contribution in [3.8, 4) is 55.6 Å². The van der Waals surface area contributed by atoms with Gasteiger partial charge in [0.25, 0.3) is 0 Å². The van der Waals surface area contributed by atoms with E-state index in [4.69, 9.17) is 0 Å². The van der Waals surface area contributed by atoms with Crippen LogP contribution in [0.15, 0.2) is 121 Å². The van der Waals surface area contributed by atoms with E-state index in [-0.39, 0.29) is 0 Å². The molecule has 0 heterocycles. The molecule has 0 nitrogen and oxygen atoms in total. The van der Waals surface area contributed by atoms with Crippen LogP contribution in [0.5, 0.6) is 0 Å². The van der Waals surface area contributed by atoms with Gasteiger partial charge in [-0.05, 0) is 102 Å². The van der Waals surface area contributed by atoms with Crippen molar-refractivity contribution in [3.05, 3.63) is 153 Å². The molecule has 0 unspecified atom stereocenters. The predicted molar refractivity (Wildman–Crippen MR) is 190 cm³/mol. The number of hydrogen-bond donors (Lipinski definition) is 0. The summed E-state index contributed by atoms with van der Waals surface area (Å²) in [4.78, 5) is 0. The third-order valence-electron chi connectivity index (χ3n) is 8.14. The van der Waals surface area contributed by atoms with E-state index in [1.807, 2.05) is 0 Å². The molecular weight excluding hydrogens is 619 g/mol. The topological polar surface area (TPSA) is 0 Å². The Morgan fingerprint density at radius 3 is 0.643 bits per heavy atom. The first-order chi connectivity index (χ1) is 20.3. The highest BCUT2D eigenvalue weighted by Gasteiger charge is 2.27. The lowest BCUT2D eigenvalue weighted by Gasteiger charge is -2.27. The molecular formula is C41H35I. The molecule has 0 saturated heterocycles. The van der Waals surface area contributed by atoms with Gasteiger partial charge in [0.05, 0.1) is 0 Å². The fourth-order valence-corrected chi connectivity index (χ4v) is 6.89. The molecule has 0 aliphatic heterocycles. The van der Waals surface area contributed by atoms with Crippen molar-refractivity contribution in [3.63, 3.8) is 0 Å². The van der Waals surface area contributed by atoms with Gasteiger partial charge in [-0.1, -0.05) is 149 Å². The molecule has 206 valence electrons. The van der Waals surface area contributed by atoms with Gasteiger partial charge in [0.1, 0.15) is 0 Å². The van der Waals surface area contributed by atoms with E-state index in [9.17, 15) is 0 Å². The molecule has 0 aliphatic rings. The molecule has 0 atom stereocenters. The fourth-order valence-electron chi connectivity index (χ4n) is 5.73. The fraction of sp³-hybridized carbons (Fsp3) is 0.122. The largest absolute Gasteiger partial charge is 0.0587 e. The number of halogens is 1. The van der Waals surface area contributed by atoms with E-state index in [2.05, 4.69) is 179 Å². The van der Waals surface area contributed by atoms with E-state index in [0.29, 0.717) is 0 Å². The van der Waals surface area contributed by atoms with Gasteiger partial charge in [-0.3, -0.25) is 0 Å². The highest BCUT2D eigenvalue weighted by molar-refractivity contribution is 14.1. The SMILES string of the molecule is Cc1ccc(-c2c(I)c(-c3ccc(C)cc3)c(-c3ccc(C)cc3)c(-c3ccc(C)cc3)c2-c2ccc(C)cc2)cc1. The zero-order chi connectivity index (χ0) is 29.4. The molecule has 42 heavy (non-hydrogen) atoms. The van der Waals surface area contributed by atoms with Crippen molar-refractivity contribution in [1.82, 2.24) is 0 Å². The Labute approximate surface area is 264 Å². The van der Waals surface area contributed by atoms with E-state index in [0.717, 1.165) is 0 Å². The van der Waals surface area contributed by atoms with Crippen LogP contribution >= 0.6 is 22.6 Å². The molecule has 6 aromatic rings. The predicted octanol–water partition coefficient (Wildman–Crippen LogP) is 12.2. The highest BCUT2D eigenvalue weighted by Crippen LogP contribution is 2.53. The van der Waals surface area contributed by atoms with Gasteiger partial charge in [-0.2, -0.15) is 0 Å². The van der Waals surface area contributed by atoms with Gasteiger partial charge in [-0.15, -0.1) is 0 Å². The van der Waals surface area contributed by atoms with Gasteiger partial charge in [0.2, 0.25) is 0 Å². The van der Waals surface area contributed by atoms with Crippen molar-refractivity contribution in [2.45, 2.75) is 34.6 Å². The van der Waals surface area contributed by atoms with Gasteiger partial charge in [0.15, 0.2) is 0 Å². The molecule has 0 aromatic heterocycles. The van der Waals surface area contributed by atoms with Crippen molar-refractivity contribution in [2.75, 3.05) is 0 Å². The summed E-state index contributed by atoms with van der Waals surface area (Å²) in [6.45, 7) is 10.8. The molecule has 0 N–H and O–H groups in total. The van der Waals surface area contributed by atoms with Crippen molar-refractivity contribution in [2.24, 2.45) is 0 Å². The smallest absolute Gasteiger partial charge is 0.0300 e. The van der Waals surface area contributed by atoms with E-state index in [1.165, 1.54) is 87.0 Å². The Bertz CT molecular complexity index is 1740. The minimum atomic E-state index is 1.23. The van der Waals surface area contributed by atoms with Crippen LogP contribution in [0.1, 0.15) is 27.8 Å². The Balaban J connectivity index is 1.87. The minimum absolute atomic E-state index is 1.23. The highest BCUT2D eigenvalue weighted by atomic mass is 127. The molecule has 0 amide bonds. The normalized spacial score (nSPS) is 11.1. The summed E-state index contributed by atoms with van der Waals surface area (Å²) in [6, 6.07) is 45.2. The molecule has 0 spiro atoms. The second-order valence-electron chi connectivity index (χ2n) is 11.5. The number of benzene rings is 6. The van der Waals surface area contributed by atoms with Gasteiger partial charge >= 0.3 is 0 Å². The minimum Gasteiger partial charge on any atom is -0.0587 e. The maximum atomic E-state index is 2.62. The van der Waals surface area contributed by atoms with E-state index < -0.39 is 0 Å². The summed E-state index contributed by atoms with van der Waals surface area (Å²) in [5.74, 6) is 0. The van der Waals surface area contributed by atoms with Crippen molar-refractivity contribution in [1.29, 1.82) is 0 Å². The third-order valence-corrected chi connectivity index (χ3v) is 9.22. The van der Waals surface area contributed by atoms with Crippen LogP contribution in [0.2, 0.25) is 0 Å². The average molecular weight is 655 g/mol. The van der Waals surface area contributed by atoms with Crippen LogP contribution in [0.25, 0.3) is 55.6 Å². The summed E-state index contributed by atoms with van der Waals surface area (Å²) in [7, 11) is 0. The second-order valence-corrected chi connectivity index (χ2v) is 12.6. The first-order valence-corrected chi connectivity index (χ1v) is 15.6. The first kappa shape index (κ1) is 28.2. The maximum absolute atomic E-state index is 2.62. The average Bonchev–Trinajstić information content (AvgIpc) is 2.99. The van der Waals surface area contributed by atoms with Crippen LogP contribution < -0.4 is 0 Å². The van der Waals surface area contributed by atoms with Gasteiger partial charge < -0.3 is 0 Å². The Morgan fingerprint density at radius 1 is 0.262 bits per heavy atom. The summed E-state index contributed by atoms with van der Waals surface area (Å²) in [5.41, 5.74) is 18.8. The molecule has 0 aliphatic carbocycles. The Morgan fingerprint density at radius 2 is 0.429 bits per heavy atom. The van der Waals surface area contributed by atoms with E-state index in [1.54, 1.807) is 0 Å². The zero-order valence-electron chi connectivity index (χ0n) is 24.9. The van der Waals surface area contributed by atoms with Crippen LogP contribution in [-0.4, -0.2) is 0 Å². The van der Waals surface area contributed by atoms with Crippen LogP contribution in [0.3, 0.4) is 0 Å². The Hall–Kier alpha value is -3.95. The number of hydrogen-bond acceptors (Lipinski definition) is 0. The lowest BCUT2D eigenvalue weighted by Crippen LogP contribution is -2.02. The van der Waals surface area contributed by atoms with E-state index >= 15 is 0 Å². The lowest BCUT2D eigenvalue weighted by molar-refractivity contribution is 1.42. The Kier molecular flexibility index (Phi) is 7.88. The monoisotopic (exact) mass is 654 g/mol. The summed E-state index contributed by atoms with van der Waals surface area (Å²) in [5, 5.41) is 0. The van der Waals surface area contributed by atoms with Gasteiger partial charge in [-0.25, -0.2) is 0 Å². The molecule has 6 rings (SSSR count). The lowest BCUT2D eigenvalue weighted by atomic mass is 9.78. The molecule has 1 heteroatoms. The molecule has 0 bridgehead atoms. The quantitative estimate of drug-likeness (QED) is 0.162. The second kappa shape index (κ2) is 11.7. The molecule has 6 aromatic carbocycles. The molecule has 0 fully saturated rings.